The molecule has 0 aromatic heterocycles. The van der Waals surface area contributed by atoms with Crippen molar-refractivity contribution >= 4 is 26.6 Å². The summed E-state index contributed by atoms with van der Waals surface area (Å²) in [6, 6.07) is 0. The van der Waals surface area contributed by atoms with Gasteiger partial charge in [-0.25, -0.2) is 0 Å². The summed E-state index contributed by atoms with van der Waals surface area (Å²) >= 11 is 0.611. The summed E-state index contributed by atoms with van der Waals surface area (Å²) in [4.78, 5) is 0. The van der Waals surface area contributed by atoms with Crippen LogP contribution in [-0.4, -0.2) is 33.7 Å². The van der Waals surface area contributed by atoms with Gasteiger partial charge in [0, 0.05) is 17.1 Å². The fourth-order valence-electron chi connectivity index (χ4n) is 0. The molecule has 0 heterocycles. The Labute approximate surface area is 65.1 Å². The fraction of sp³-hybridized carbons (Fsp3) is 0. The van der Waals surface area contributed by atoms with Crippen LogP contribution >= 0.6 is 0 Å². The molecule has 0 aromatic rings. The monoisotopic (exact) mass is 205 g/mol. The van der Waals surface area contributed by atoms with E-state index in [0.717, 1.165) is 0 Å². The molecule has 0 spiro atoms. The van der Waals surface area contributed by atoms with Crippen LogP contribution in [0.1, 0.15) is 0 Å². The third-order valence-corrected chi connectivity index (χ3v) is 0. The minimum absolute atomic E-state index is 0. The molecule has 0 unspecified atom stereocenters. The van der Waals surface area contributed by atoms with E-state index in [4.69, 9.17) is 21.3 Å². The molecule has 0 aliphatic heterocycles. The molecule has 8 heteroatoms. The van der Waals surface area contributed by atoms with Crippen molar-refractivity contribution in [1.82, 2.24) is 0 Å². The van der Waals surface area contributed by atoms with E-state index in [0.29, 0.717) is 16.2 Å². The van der Waals surface area contributed by atoms with Crippen LogP contribution in [0.15, 0.2) is 0 Å². The van der Waals surface area contributed by atoms with E-state index in [9.17, 15) is 0 Å². The average Bonchev–Trinajstić information content (AvgIpc) is 1.36. The molecule has 0 saturated carbocycles. The van der Waals surface area contributed by atoms with Gasteiger partial charge in [-0.15, -0.1) is 0 Å². The molecule has 0 atom stereocenters. The second-order valence-electron chi connectivity index (χ2n) is 0.448. The summed E-state index contributed by atoms with van der Waals surface area (Å²) in [5.74, 6) is 0. The maximum absolute atomic E-state index is 8.74. The third kappa shape index (κ3) is 422. The van der Waals surface area contributed by atoms with Gasteiger partial charge in [-0.3, -0.25) is 9.11 Å². The van der Waals surface area contributed by atoms with E-state index in [-0.39, 0.29) is 17.1 Å². The predicted molar refractivity (Wildman–Crippen MR) is 22.0 cm³/mol. The first-order valence-electron chi connectivity index (χ1n) is 0.987. The fourth-order valence-corrected chi connectivity index (χ4v) is 0. The Kier molecular flexibility index (Phi) is 15.3. The second kappa shape index (κ2) is 7.72. The SMILES string of the molecule is O=S(=O)(O)O.[Cu].[O]=[AlH]. The van der Waals surface area contributed by atoms with Gasteiger partial charge in [-0.1, -0.05) is 0 Å². The first kappa shape index (κ1) is 15.9. The average molecular weight is 206 g/mol. The van der Waals surface area contributed by atoms with Crippen molar-refractivity contribution in [2.24, 2.45) is 0 Å². The summed E-state index contributed by atoms with van der Waals surface area (Å²) in [5, 5.41) is 0. The zero-order valence-corrected chi connectivity index (χ0v) is 6.71. The summed E-state index contributed by atoms with van der Waals surface area (Å²) in [5.41, 5.74) is 0. The molecule has 1 radical (unpaired) electrons. The van der Waals surface area contributed by atoms with Crippen LogP contribution in [0.4, 0.5) is 0 Å². The molecule has 0 saturated heterocycles. The van der Waals surface area contributed by atoms with E-state index in [1.165, 1.54) is 0 Å². The zero-order valence-electron chi connectivity index (χ0n) is 3.54. The van der Waals surface area contributed by atoms with Gasteiger partial charge in [0.15, 0.2) is 0 Å². The standard InChI is InChI=1S/Al.Cu.H2O4S.O.H/c;;1-5(2,3)4;;/h;;(H2,1,2,3,4);;. The van der Waals surface area contributed by atoms with Crippen molar-refractivity contribution in [3.05, 3.63) is 0 Å². The zero-order chi connectivity index (χ0) is 6.50. The number of hydrogen-bond acceptors (Lipinski definition) is 3. The quantitative estimate of drug-likeness (QED) is 0.374. The first-order valence-corrected chi connectivity index (χ1v) is 2.96. The molecule has 0 aromatic carbocycles. The first-order chi connectivity index (χ1) is 3.00. The van der Waals surface area contributed by atoms with Crippen molar-refractivity contribution < 1.29 is 38.4 Å². The second-order valence-corrected chi connectivity index (χ2v) is 1.34. The van der Waals surface area contributed by atoms with Gasteiger partial charge in [0.2, 0.25) is 0 Å². The Morgan fingerprint density at radius 2 is 1.12 bits per heavy atom. The summed E-state index contributed by atoms with van der Waals surface area (Å²) < 4.78 is 39.9. The van der Waals surface area contributed by atoms with Crippen LogP contribution in [0.25, 0.3) is 0 Å². The maximum atomic E-state index is 8.74. The Bertz CT molecular complexity index is 106. The Hall–Kier alpha value is 0.722. The molecule has 0 bridgehead atoms. The van der Waals surface area contributed by atoms with E-state index in [1.54, 1.807) is 0 Å². The molecule has 8 heavy (non-hydrogen) atoms. The van der Waals surface area contributed by atoms with Gasteiger partial charge in [0.1, 0.15) is 0 Å². The van der Waals surface area contributed by atoms with Crippen LogP contribution in [0, 0.1) is 0 Å². The topological polar surface area (TPSA) is 91.7 Å². The molecule has 0 aliphatic carbocycles. The molecular formula is H3AlCuO5S. The van der Waals surface area contributed by atoms with Crippen LogP contribution in [-0.2, 0) is 31.3 Å². The van der Waals surface area contributed by atoms with Crippen molar-refractivity contribution in [1.29, 1.82) is 0 Å². The molecule has 2 N–H and O–H groups in total. The van der Waals surface area contributed by atoms with Gasteiger partial charge in [0.25, 0.3) is 0 Å². The number of hydrogen-bond donors (Lipinski definition) is 2. The van der Waals surface area contributed by atoms with Gasteiger partial charge >= 0.3 is 30.4 Å². The molecule has 53 valence electrons. The molecule has 0 fully saturated rings. The third-order valence-electron chi connectivity index (χ3n) is 0. The van der Waals surface area contributed by atoms with Gasteiger partial charge < -0.3 is 0 Å². The van der Waals surface area contributed by atoms with Gasteiger partial charge in [0.05, 0.1) is 0 Å². The molecule has 0 rings (SSSR count). The van der Waals surface area contributed by atoms with Crippen molar-refractivity contribution in [3.63, 3.8) is 0 Å². The van der Waals surface area contributed by atoms with Crippen LogP contribution in [0.5, 0.6) is 0 Å². The van der Waals surface area contributed by atoms with Crippen LogP contribution in [0.3, 0.4) is 0 Å². The summed E-state index contributed by atoms with van der Waals surface area (Å²) in [7, 11) is -4.67. The van der Waals surface area contributed by atoms with E-state index < -0.39 is 10.4 Å². The Balaban J connectivity index is -0.0000000750. The van der Waals surface area contributed by atoms with Crippen molar-refractivity contribution in [3.8, 4) is 0 Å². The summed E-state index contributed by atoms with van der Waals surface area (Å²) in [6.07, 6.45) is 0. The van der Waals surface area contributed by atoms with E-state index >= 15 is 0 Å². The predicted octanol–water partition coefficient (Wildman–Crippen LogP) is -1.42. The molecular weight excluding hydrogens is 203 g/mol. The Morgan fingerprint density at radius 3 is 1.12 bits per heavy atom. The molecule has 0 amide bonds. The molecule has 5 nitrogen and oxygen atoms in total. The van der Waals surface area contributed by atoms with E-state index in [1.807, 2.05) is 0 Å². The minimum atomic E-state index is -4.67. The van der Waals surface area contributed by atoms with Crippen molar-refractivity contribution in [2.75, 3.05) is 0 Å². The van der Waals surface area contributed by atoms with Crippen molar-refractivity contribution in [2.45, 2.75) is 0 Å². The summed E-state index contributed by atoms with van der Waals surface area (Å²) in [6.45, 7) is 0. The van der Waals surface area contributed by atoms with Crippen LogP contribution < -0.4 is 0 Å². The number of rotatable bonds is 0. The van der Waals surface area contributed by atoms with E-state index in [2.05, 4.69) is 0 Å². The van der Waals surface area contributed by atoms with Gasteiger partial charge in [-0.2, -0.15) is 8.42 Å². The van der Waals surface area contributed by atoms with Crippen LogP contribution in [0.2, 0.25) is 0 Å². The molecule has 0 aliphatic rings. The normalized spacial score (nSPS) is 7.62. The van der Waals surface area contributed by atoms with Gasteiger partial charge in [-0.05, 0) is 0 Å². The Morgan fingerprint density at radius 1 is 1.12 bits per heavy atom.